The van der Waals surface area contributed by atoms with Crippen molar-refractivity contribution in [1.29, 1.82) is 0 Å². The number of imidazole rings is 1. The molecule has 3 aromatic heterocycles. The van der Waals surface area contributed by atoms with E-state index < -0.39 is 0 Å². The van der Waals surface area contributed by atoms with E-state index >= 15 is 0 Å². The molecule has 5 nitrogen and oxygen atoms in total. The van der Waals surface area contributed by atoms with Gasteiger partial charge in [-0.15, -0.1) is 11.3 Å². The number of rotatable bonds is 4. The number of amides is 1. The van der Waals surface area contributed by atoms with E-state index in [0.29, 0.717) is 5.92 Å². The lowest BCUT2D eigenvalue weighted by Gasteiger charge is -2.31. The number of hydrogen-bond donors (Lipinski definition) is 0. The molecule has 0 saturated carbocycles. The van der Waals surface area contributed by atoms with Crippen LogP contribution in [-0.2, 0) is 13.5 Å². The van der Waals surface area contributed by atoms with Gasteiger partial charge in [0.15, 0.2) is 0 Å². The highest BCUT2D eigenvalue weighted by molar-refractivity contribution is 7.12. The Morgan fingerprint density at radius 3 is 2.85 bits per heavy atom. The highest BCUT2D eigenvalue weighted by atomic mass is 32.1. The zero-order valence-electron chi connectivity index (χ0n) is 14.8. The van der Waals surface area contributed by atoms with Crippen LogP contribution in [0, 0.1) is 5.92 Å². The number of piperidine rings is 1. The molecule has 0 spiro atoms. The topological polar surface area (TPSA) is 51.0 Å². The summed E-state index contributed by atoms with van der Waals surface area (Å²) < 4.78 is 1.99. The van der Waals surface area contributed by atoms with Crippen molar-refractivity contribution in [3.05, 3.63) is 58.8 Å². The van der Waals surface area contributed by atoms with Gasteiger partial charge in [-0.1, -0.05) is 6.07 Å². The second-order valence-electron chi connectivity index (χ2n) is 6.86. The Labute approximate surface area is 157 Å². The zero-order chi connectivity index (χ0) is 17.9. The maximum absolute atomic E-state index is 12.5. The molecule has 1 saturated heterocycles. The van der Waals surface area contributed by atoms with Crippen molar-refractivity contribution in [2.75, 3.05) is 13.1 Å². The summed E-state index contributed by atoms with van der Waals surface area (Å²) in [5, 5.41) is 1.96. The van der Waals surface area contributed by atoms with E-state index in [1.165, 1.54) is 16.9 Å². The minimum Gasteiger partial charge on any atom is -0.338 e. The summed E-state index contributed by atoms with van der Waals surface area (Å²) in [4.78, 5) is 24.0. The molecule has 0 unspecified atom stereocenters. The second kappa shape index (κ2) is 7.41. The smallest absolute Gasteiger partial charge is 0.263 e. The minimum absolute atomic E-state index is 0.181. The highest BCUT2D eigenvalue weighted by Gasteiger charge is 2.24. The third-order valence-corrected chi connectivity index (χ3v) is 5.92. The predicted molar refractivity (Wildman–Crippen MR) is 103 cm³/mol. The van der Waals surface area contributed by atoms with Gasteiger partial charge in [-0.2, -0.15) is 0 Å². The van der Waals surface area contributed by atoms with Crippen molar-refractivity contribution in [3.8, 4) is 11.4 Å². The first kappa shape index (κ1) is 17.0. The fourth-order valence-electron chi connectivity index (χ4n) is 3.57. The molecular weight excluding hydrogens is 344 g/mol. The molecular formula is C20H22N4OS. The molecule has 4 heterocycles. The molecule has 0 aromatic carbocycles. The Kier molecular flexibility index (Phi) is 4.84. The molecule has 0 atom stereocenters. The molecule has 134 valence electrons. The fourth-order valence-corrected chi connectivity index (χ4v) is 4.27. The van der Waals surface area contributed by atoms with E-state index in [2.05, 4.69) is 22.1 Å². The molecule has 0 aliphatic carbocycles. The summed E-state index contributed by atoms with van der Waals surface area (Å²) in [6.45, 7) is 1.70. The van der Waals surface area contributed by atoms with Gasteiger partial charge in [-0.3, -0.25) is 9.78 Å². The first-order valence-electron chi connectivity index (χ1n) is 8.95. The fraction of sp³-hybridized carbons (Fsp3) is 0.350. The van der Waals surface area contributed by atoms with Crippen molar-refractivity contribution in [2.45, 2.75) is 19.3 Å². The molecule has 3 aromatic rings. The van der Waals surface area contributed by atoms with Crippen LogP contribution in [0.25, 0.3) is 11.4 Å². The summed E-state index contributed by atoms with van der Waals surface area (Å²) in [5.74, 6) is 0.796. The second-order valence-corrected chi connectivity index (χ2v) is 7.80. The number of pyridine rings is 1. The maximum Gasteiger partial charge on any atom is 0.263 e. The van der Waals surface area contributed by atoms with Crippen LogP contribution < -0.4 is 0 Å². The van der Waals surface area contributed by atoms with Crippen LogP contribution in [0.1, 0.15) is 28.1 Å². The van der Waals surface area contributed by atoms with Crippen LogP contribution in [0.5, 0.6) is 0 Å². The van der Waals surface area contributed by atoms with Crippen molar-refractivity contribution < 1.29 is 4.79 Å². The molecule has 1 aliphatic heterocycles. The molecule has 1 amide bonds. The normalized spacial score (nSPS) is 15.3. The quantitative estimate of drug-likeness (QED) is 0.708. The van der Waals surface area contributed by atoms with Crippen LogP contribution >= 0.6 is 11.3 Å². The van der Waals surface area contributed by atoms with E-state index in [-0.39, 0.29) is 5.91 Å². The molecule has 1 fully saturated rings. The number of thiophene rings is 1. The molecule has 0 radical (unpaired) electrons. The van der Waals surface area contributed by atoms with Crippen molar-refractivity contribution in [2.24, 2.45) is 13.0 Å². The number of aryl methyl sites for hydroxylation is 1. The lowest BCUT2D eigenvalue weighted by molar-refractivity contribution is 0.0695. The van der Waals surface area contributed by atoms with Crippen LogP contribution in [0.15, 0.2) is 48.4 Å². The summed E-state index contributed by atoms with van der Waals surface area (Å²) in [6, 6.07) is 8.12. The summed E-state index contributed by atoms with van der Waals surface area (Å²) >= 11 is 1.52. The Morgan fingerprint density at radius 2 is 2.15 bits per heavy atom. The third kappa shape index (κ3) is 3.55. The van der Waals surface area contributed by atoms with Crippen molar-refractivity contribution in [3.63, 3.8) is 0 Å². The van der Waals surface area contributed by atoms with E-state index in [0.717, 1.165) is 48.6 Å². The van der Waals surface area contributed by atoms with Gasteiger partial charge in [0.25, 0.3) is 5.91 Å². The lowest BCUT2D eigenvalue weighted by Crippen LogP contribution is -2.38. The first-order valence-corrected chi connectivity index (χ1v) is 9.83. The predicted octanol–water partition coefficient (Wildman–Crippen LogP) is 3.64. The monoisotopic (exact) mass is 366 g/mol. The minimum atomic E-state index is 0.181. The Morgan fingerprint density at radius 1 is 1.31 bits per heavy atom. The van der Waals surface area contributed by atoms with Crippen LogP contribution in [0.3, 0.4) is 0 Å². The van der Waals surface area contributed by atoms with Crippen molar-refractivity contribution in [1.82, 2.24) is 19.4 Å². The number of carbonyl (C=O) groups excluding carboxylic acids is 1. The van der Waals surface area contributed by atoms with E-state index in [4.69, 9.17) is 0 Å². The Hall–Kier alpha value is -2.47. The van der Waals surface area contributed by atoms with Crippen LogP contribution in [0.4, 0.5) is 0 Å². The zero-order valence-corrected chi connectivity index (χ0v) is 15.7. The SMILES string of the molecule is Cn1cncc1-c1cc(CC2CCN(C(=O)c3cccs3)CC2)ccn1. The summed E-state index contributed by atoms with van der Waals surface area (Å²) in [7, 11) is 1.98. The van der Waals surface area contributed by atoms with Crippen LogP contribution in [0.2, 0.25) is 0 Å². The van der Waals surface area contributed by atoms with Gasteiger partial charge in [-0.25, -0.2) is 4.98 Å². The summed E-state index contributed by atoms with van der Waals surface area (Å²) in [6.07, 6.45) is 8.67. The lowest BCUT2D eigenvalue weighted by atomic mass is 9.90. The van der Waals surface area contributed by atoms with Gasteiger partial charge in [0.1, 0.15) is 0 Å². The van der Waals surface area contributed by atoms with E-state index in [1.807, 2.05) is 46.4 Å². The van der Waals surface area contributed by atoms with Gasteiger partial charge in [0.05, 0.1) is 28.8 Å². The average molecular weight is 366 g/mol. The highest BCUT2D eigenvalue weighted by Crippen LogP contribution is 2.25. The van der Waals surface area contributed by atoms with Crippen molar-refractivity contribution >= 4 is 17.2 Å². The van der Waals surface area contributed by atoms with Gasteiger partial charge >= 0.3 is 0 Å². The number of likely N-dealkylation sites (tertiary alicyclic amines) is 1. The molecule has 0 bridgehead atoms. The largest absolute Gasteiger partial charge is 0.338 e. The average Bonchev–Trinajstić information content (AvgIpc) is 3.34. The molecule has 1 aliphatic rings. The number of hydrogen-bond acceptors (Lipinski definition) is 4. The Bertz CT molecular complexity index is 879. The number of aromatic nitrogens is 3. The van der Waals surface area contributed by atoms with Gasteiger partial charge < -0.3 is 9.47 Å². The standard InChI is InChI=1S/C20H22N4OS/c1-23-14-21-13-18(23)17-12-16(4-7-22-17)11-15-5-8-24(9-6-15)20(25)19-3-2-10-26-19/h2-4,7,10,12-15H,5-6,8-9,11H2,1H3. The molecule has 6 heteroatoms. The summed E-state index contributed by atoms with van der Waals surface area (Å²) in [5.41, 5.74) is 3.30. The van der Waals surface area contributed by atoms with Gasteiger partial charge in [-0.05, 0) is 54.3 Å². The van der Waals surface area contributed by atoms with E-state index in [9.17, 15) is 4.79 Å². The van der Waals surface area contributed by atoms with E-state index in [1.54, 1.807) is 6.33 Å². The maximum atomic E-state index is 12.5. The molecule has 4 rings (SSSR count). The molecule has 0 N–H and O–H groups in total. The molecule has 26 heavy (non-hydrogen) atoms. The van der Waals surface area contributed by atoms with Gasteiger partial charge in [0, 0.05) is 26.3 Å². The number of carbonyl (C=O) groups is 1. The first-order chi connectivity index (χ1) is 12.7. The Balaban J connectivity index is 1.38. The van der Waals surface area contributed by atoms with Gasteiger partial charge in [0.2, 0.25) is 0 Å². The third-order valence-electron chi connectivity index (χ3n) is 5.06. The number of nitrogens with zero attached hydrogens (tertiary/aromatic N) is 4. The van der Waals surface area contributed by atoms with Crippen LogP contribution in [-0.4, -0.2) is 38.4 Å².